The van der Waals surface area contributed by atoms with Crippen molar-refractivity contribution < 1.29 is 14.1 Å². The second-order valence-electron chi connectivity index (χ2n) is 3.84. The van der Waals surface area contributed by atoms with Crippen LogP contribution in [0.4, 0.5) is 21.6 Å². The van der Waals surface area contributed by atoms with Gasteiger partial charge in [-0.05, 0) is 18.2 Å². The van der Waals surface area contributed by atoms with Crippen molar-refractivity contribution in [3.05, 3.63) is 58.0 Å². The van der Waals surface area contributed by atoms with Gasteiger partial charge in [-0.3, -0.25) is 14.9 Å². The molecule has 0 fully saturated rings. The molecule has 0 saturated heterocycles. The molecule has 0 aliphatic rings. The molecule has 20 heavy (non-hydrogen) atoms. The van der Waals surface area contributed by atoms with E-state index in [9.17, 15) is 19.3 Å². The summed E-state index contributed by atoms with van der Waals surface area (Å²) in [6.07, 6.45) is 1.34. The van der Waals surface area contributed by atoms with Crippen LogP contribution in [0, 0.1) is 15.9 Å². The molecule has 102 valence electrons. The zero-order chi connectivity index (χ0) is 14.7. The predicted molar refractivity (Wildman–Crippen MR) is 69.7 cm³/mol. The maximum Gasteiger partial charge on any atom is 0.272 e. The molecule has 8 heteroatoms. The minimum atomic E-state index is -0.894. The lowest BCUT2D eigenvalue weighted by Gasteiger charge is -2.06. The number of benzene rings is 1. The molecule has 1 heterocycles. The number of pyridine rings is 1. The number of carbonyl (C=O) groups excluding carboxylic acids is 1. The highest BCUT2D eigenvalue weighted by Gasteiger charge is 2.13. The van der Waals surface area contributed by atoms with Gasteiger partial charge in [0.15, 0.2) is 5.82 Å². The van der Waals surface area contributed by atoms with Crippen LogP contribution >= 0.6 is 0 Å². The van der Waals surface area contributed by atoms with Crippen LogP contribution in [0.1, 0.15) is 10.4 Å². The Hall–Kier alpha value is -3.03. The lowest BCUT2D eigenvalue weighted by Crippen LogP contribution is -2.13. The summed E-state index contributed by atoms with van der Waals surface area (Å²) in [6, 6.07) is 5.69. The van der Waals surface area contributed by atoms with Gasteiger partial charge in [0.1, 0.15) is 5.82 Å². The number of nitrogens with two attached hydrogens (primary N) is 1. The van der Waals surface area contributed by atoms with Crippen LogP contribution in [0.2, 0.25) is 0 Å². The molecule has 2 rings (SSSR count). The van der Waals surface area contributed by atoms with Crippen LogP contribution in [-0.4, -0.2) is 15.8 Å². The first-order chi connectivity index (χ1) is 9.47. The number of anilines is 2. The highest BCUT2D eigenvalue weighted by Crippen LogP contribution is 2.21. The number of aromatic nitrogens is 1. The minimum absolute atomic E-state index is 0.154. The van der Waals surface area contributed by atoms with Gasteiger partial charge in [-0.1, -0.05) is 0 Å². The van der Waals surface area contributed by atoms with Crippen LogP contribution in [-0.2, 0) is 0 Å². The molecule has 0 saturated carbocycles. The fourth-order valence-electron chi connectivity index (χ4n) is 1.50. The molecule has 1 amide bonds. The van der Waals surface area contributed by atoms with Crippen molar-refractivity contribution in [1.82, 2.24) is 4.98 Å². The highest BCUT2D eigenvalue weighted by atomic mass is 19.1. The van der Waals surface area contributed by atoms with Crippen molar-refractivity contribution >= 4 is 23.1 Å². The molecule has 0 aliphatic carbocycles. The van der Waals surface area contributed by atoms with Crippen LogP contribution in [0.3, 0.4) is 0 Å². The van der Waals surface area contributed by atoms with Gasteiger partial charge >= 0.3 is 0 Å². The smallest absolute Gasteiger partial charge is 0.272 e. The maximum atomic E-state index is 13.6. The molecule has 0 radical (unpaired) electrons. The summed E-state index contributed by atoms with van der Waals surface area (Å²) in [5, 5.41) is 12.8. The zero-order valence-electron chi connectivity index (χ0n) is 10.0. The van der Waals surface area contributed by atoms with Crippen molar-refractivity contribution in [2.45, 2.75) is 0 Å². The molecule has 0 aliphatic heterocycles. The summed E-state index contributed by atoms with van der Waals surface area (Å²) < 4.78 is 13.6. The average molecular weight is 276 g/mol. The molecule has 3 N–H and O–H groups in total. The van der Waals surface area contributed by atoms with Crippen LogP contribution < -0.4 is 11.1 Å². The van der Waals surface area contributed by atoms with Crippen molar-refractivity contribution in [1.29, 1.82) is 0 Å². The van der Waals surface area contributed by atoms with E-state index in [2.05, 4.69) is 10.3 Å². The number of hydrogen-bond acceptors (Lipinski definition) is 5. The van der Waals surface area contributed by atoms with Crippen LogP contribution in [0.15, 0.2) is 36.5 Å². The number of rotatable bonds is 3. The van der Waals surface area contributed by atoms with Gasteiger partial charge in [0.25, 0.3) is 11.6 Å². The van der Waals surface area contributed by atoms with Crippen LogP contribution in [0.25, 0.3) is 0 Å². The normalized spacial score (nSPS) is 10.1. The Bertz CT molecular complexity index is 690. The van der Waals surface area contributed by atoms with E-state index in [4.69, 9.17) is 5.73 Å². The number of nitrogens with zero attached hydrogens (tertiary/aromatic N) is 2. The Balaban J connectivity index is 2.22. The topological polar surface area (TPSA) is 111 Å². The molecule has 0 bridgehead atoms. The Labute approximate surface area is 112 Å². The van der Waals surface area contributed by atoms with Crippen molar-refractivity contribution in [2.24, 2.45) is 0 Å². The van der Waals surface area contributed by atoms with Gasteiger partial charge in [0, 0.05) is 17.8 Å². The molecule has 2 aromatic rings. The lowest BCUT2D eigenvalue weighted by atomic mass is 10.2. The van der Waals surface area contributed by atoms with Crippen LogP contribution in [0.5, 0.6) is 0 Å². The van der Waals surface area contributed by atoms with Crippen molar-refractivity contribution in [3.8, 4) is 0 Å². The largest absolute Gasteiger partial charge is 0.384 e. The first kappa shape index (κ1) is 13.4. The van der Waals surface area contributed by atoms with Gasteiger partial charge in [0.2, 0.25) is 0 Å². The molecular weight excluding hydrogens is 267 g/mol. The number of nitro benzene ring substituents is 1. The molecule has 0 unspecified atom stereocenters. The number of nitro groups is 1. The molecule has 7 nitrogen and oxygen atoms in total. The number of non-ortho nitro benzene ring substituents is 1. The van der Waals surface area contributed by atoms with Crippen molar-refractivity contribution in [2.75, 3.05) is 11.1 Å². The zero-order valence-corrected chi connectivity index (χ0v) is 10.0. The van der Waals surface area contributed by atoms with Gasteiger partial charge < -0.3 is 11.1 Å². The molecule has 1 aromatic heterocycles. The van der Waals surface area contributed by atoms with Gasteiger partial charge in [-0.15, -0.1) is 0 Å². The fourth-order valence-corrected chi connectivity index (χ4v) is 1.50. The standard InChI is InChI=1S/C12H9FN4O3/c13-9-6-8(17(19)20)1-2-10(9)16-12(18)7-3-4-15-11(14)5-7/h1-6H,(H2,14,15)(H,16,18). The SMILES string of the molecule is Nc1cc(C(=O)Nc2ccc([N+](=O)[O-])cc2F)ccn1. The van der Waals surface area contributed by atoms with E-state index in [1.165, 1.54) is 18.3 Å². The van der Waals surface area contributed by atoms with Crippen molar-refractivity contribution in [3.63, 3.8) is 0 Å². The third-order valence-electron chi connectivity index (χ3n) is 2.45. The molecule has 0 spiro atoms. The number of nitrogens with one attached hydrogen (secondary N) is 1. The third-order valence-corrected chi connectivity index (χ3v) is 2.45. The Kier molecular flexibility index (Phi) is 3.56. The van der Waals surface area contributed by atoms with Gasteiger partial charge in [-0.2, -0.15) is 0 Å². The number of amides is 1. The predicted octanol–water partition coefficient (Wildman–Crippen LogP) is 1.96. The number of carbonyl (C=O) groups is 1. The highest BCUT2D eigenvalue weighted by molar-refractivity contribution is 6.04. The third kappa shape index (κ3) is 2.86. The Morgan fingerprint density at radius 2 is 2.10 bits per heavy atom. The van der Waals surface area contributed by atoms with Gasteiger partial charge in [0.05, 0.1) is 16.7 Å². The molecular formula is C12H9FN4O3. The van der Waals surface area contributed by atoms with E-state index in [1.54, 1.807) is 0 Å². The lowest BCUT2D eigenvalue weighted by molar-refractivity contribution is -0.385. The summed E-state index contributed by atoms with van der Waals surface area (Å²) in [4.78, 5) is 25.3. The Morgan fingerprint density at radius 1 is 1.35 bits per heavy atom. The van der Waals surface area contributed by atoms with Gasteiger partial charge in [-0.25, -0.2) is 9.37 Å². The Morgan fingerprint density at radius 3 is 2.70 bits per heavy atom. The van der Waals surface area contributed by atoms with E-state index >= 15 is 0 Å². The summed E-state index contributed by atoms with van der Waals surface area (Å²) in [5.41, 5.74) is 5.09. The minimum Gasteiger partial charge on any atom is -0.384 e. The van der Waals surface area contributed by atoms with E-state index < -0.39 is 22.3 Å². The molecule has 0 atom stereocenters. The monoisotopic (exact) mass is 276 g/mol. The summed E-state index contributed by atoms with van der Waals surface area (Å²) in [5.74, 6) is -1.33. The second-order valence-corrected chi connectivity index (χ2v) is 3.84. The quantitative estimate of drug-likeness (QED) is 0.657. The van der Waals surface area contributed by atoms with E-state index in [0.717, 1.165) is 18.2 Å². The summed E-state index contributed by atoms with van der Waals surface area (Å²) >= 11 is 0. The number of hydrogen-bond donors (Lipinski definition) is 2. The summed E-state index contributed by atoms with van der Waals surface area (Å²) in [6.45, 7) is 0. The second kappa shape index (κ2) is 5.31. The molecule has 1 aromatic carbocycles. The number of halogens is 1. The first-order valence-electron chi connectivity index (χ1n) is 5.44. The van der Waals surface area contributed by atoms with E-state index in [1.807, 2.05) is 0 Å². The summed E-state index contributed by atoms with van der Waals surface area (Å²) in [7, 11) is 0. The van der Waals surface area contributed by atoms with E-state index in [0.29, 0.717) is 0 Å². The number of nitrogen functional groups attached to an aromatic ring is 1. The average Bonchev–Trinajstić information content (AvgIpc) is 2.40. The first-order valence-corrected chi connectivity index (χ1v) is 5.44. The van der Waals surface area contributed by atoms with E-state index in [-0.39, 0.29) is 17.1 Å². The fraction of sp³-hybridized carbons (Fsp3) is 0. The maximum absolute atomic E-state index is 13.6.